The Bertz CT molecular complexity index is 735. The SMILES string of the molecule is NC(=O)c1cc(NC(=O)c2ccc(Br)c(Cl)c2)ccc1Cl. The number of rotatable bonds is 3. The molecule has 0 aliphatic rings. The van der Waals surface area contributed by atoms with Crippen molar-refractivity contribution in [2.75, 3.05) is 5.32 Å². The van der Waals surface area contributed by atoms with Crippen LogP contribution in [-0.4, -0.2) is 11.8 Å². The molecule has 2 aromatic carbocycles. The molecule has 0 aromatic heterocycles. The zero-order chi connectivity index (χ0) is 15.6. The van der Waals surface area contributed by atoms with Crippen LogP contribution in [0.15, 0.2) is 40.9 Å². The van der Waals surface area contributed by atoms with E-state index >= 15 is 0 Å². The van der Waals surface area contributed by atoms with E-state index in [0.717, 1.165) is 0 Å². The summed E-state index contributed by atoms with van der Waals surface area (Å²) >= 11 is 15.0. The summed E-state index contributed by atoms with van der Waals surface area (Å²) in [6.07, 6.45) is 0. The number of hydrogen-bond acceptors (Lipinski definition) is 2. The van der Waals surface area contributed by atoms with Gasteiger partial charge in [0.1, 0.15) is 0 Å². The zero-order valence-electron chi connectivity index (χ0n) is 10.5. The molecule has 2 rings (SSSR count). The van der Waals surface area contributed by atoms with Crippen molar-refractivity contribution in [2.24, 2.45) is 5.73 Å². The van der Waals surface area contributed by atoms with Gasteiger partial charge in [0.05, 0.1) is 15.6 Å². The maximum absolute atomic E-state index is 12.1. The minimum atomic E-state index is -0.664. The van der Waals surface area contributed by atoms with Crippen LogP contribution < -0.4 is 11.1 Å². The summed E-state index contributed by atoms with van der Waals surface area (Å²) in [7, 11) is 0. The normalized spacial score (nSPS) is 10.2. The summed E-state index contributed by atoms with van der Waals surface area (Å²) < 4.78 is 0.697. The van der Waals surface area contributed by atoms with Crippen LogP contribution in [0, 0.1) is 0 Å². The number of hydrogen-bond donors (Lipinski definition) is 2. The van der Waals surface area contributed by atoms with Gasteiger partial charge in [-0.2, -0.15) is 0 Å². The first-order valence-electron chi connectivity index (χ1n) is 5.74. The molecule has 0 aliphatic carbocycles. The Kier molecular flexibility index (Phi) is 4.88. The van der Waals surface area contributed by atoms with Crippen molar-refractivity contribution in [3.63, 3.8) is 0 Å². The summed E-state index contributed by atoms with van der Waals surface area (Å²) in [5.41, 5.74) is 6.15. The van der Waals surface area contributed by atoms with Gasteiger partial charge in [-0.1, -0.05) is 23.2 Å². The predicted molar refractivity (Wildman–Crippen MR) is 87.1 cm³/mol. The third-order valence-electron chi connectivity index (χ3n) is 2.67. The van der Waals surface area contributed by atoms with E-state index in [1.165, 1.54) is 18.2 Å². The van der Waals surface area contributed by atoms with E-state index in [-0.39, 0.29) is 16.5 Å². The molecule has 0 aliphatic heterocycles. The van der Waals surface area contributed by atoms with Gasteiger partial charge < -0.3 is 11.1 Å². The Morgan fingerprint density at radius 1 is 1.05 bits per heavy atom. The van der Waals surface area contributed by atoms with Crippen molar-refractivity contribution in [2.45, 2.75) is 0 Å². The predicted octanol–water partition coefficient (Wildman–Crippen LogP) is 4.11. The summed E-state index contributed by atoms with van der Waals surface area (Å²) in [5, 5.41) is 3.30. The fourth-order valence-corrected chi connectivity index (χ4v) is 2.27. The fourth-order valence-electron chi connectivity index (χ4n) is 1.63. The lowest BCUT2D eigenvalue weighted by atomic mass is 10.1. The minimum absolute atomic E-state index is 0.142. The highest BCUT2D eigenvalue weighted by Crippen LogP contribution is 2.24. The van der Waals surface area contributed by atoms with Gasteiger partial charge in [-0.25, -0.2) is 0 Å². The van der Waals surface area contributed by atoms with E-state index in [4.69, 9.17) is 28.9 Å². The first-order valence-corrected chi connectivity index (χ1v) is 7.29. The number of carbonyl (C=O) groups excluding carboxylic acids is 2. The highest BCUT2D eigenvalue weighted by Gasteiger charge is 2.11. The van der Waals surface area contributed by atoms with E-state index in [0.29, 0.717) is 20.7 Å². The molecular formula is C14H9BrCl2N2O2. The lowest BCUT2D eigenvalue weighted by molar-refractivity contribution is 0.0996. The summed E-state index contributed by atoms with van der Waals surface area (Å²) in [6.45, 7) is 0. The molecule has 4 nitrogen and oxygen atoms in total. The molecular weight excluding hydrogens is 379 g/mol. The largest absolute Gasteiger partial charge is 0.366 e. The van der Waals surface area contributed by atoms with Crippen LogP contribution in [-0.2, 0) is 0 Å². The van der Waals surface area contributed by atoms with Gasteiger partial charge in [-0.3, -0.25) is 9.59 Å². The van der Waals surface area contributed by atoms with Gasteiger partial charge in [-0.05, 0) is 52.3 Å². The molecule has 0 spiro atoms. The molecule has 21 heavy (non-hydrogen) atoms. The molecule has 0 saturated heterocycles. The van der Waals surface area contributed by atoms with Crippen LogP contribution in [0.2, 0.25) is 10.0 Å². The average Bonchev–Trinajstić information content (AvgIpc) is 2.43. The fraction of sp³-hybridized carbons (Fsp3) is 0. The van der Waals surface area contributed by atoms with Crippen molar-refractivity contribution >= 4 is 56.6 Å². The molecule has 0 saturated carbocycles. The van der Waals surface area contributed by atoms with Crippen molar-refractivity contribution in [1.82, 2.24) is 0 Å². The van der Waals surface area contributed by atoms with Gasteiger partial charge in [-0.15, -0.1) is 0 Å². The quantitative estimate of drug-likeness (QED) is 0.831. The molecule has 108 valence electrons. The van der Waals surface area contributed by atoms with Crippen molar-refractivity contribution in [1.29, 1.82) is 0 Å². The molecule has 0 fully saturated rings. The number of amides is 2. The van der Waals surface area contributed by atoms with E-state index < -0.39 is 5.91 Å². The number of benzene rings is 2. The van der Waals surface area contributed by atoms with Crippen LogP contribution in [0.1, 0.15) is 20.7 Å². The molecule has 2 aromatic rings. The first kappa shape index (κ1) is 15.8. The van der Waals surface area contributed by atoms with Gasteiger partial charge in [0.2, 0.25) is 5.91 Å². The van der Waals surface area contributed by atoms with E-state index in [2.05, 4.69) is 21.2 Å². The van der Waals surface area contributed by atoms with Gasteiger partial charge in [0.25, 0.3) is 5.91 Å². The highest BCUT2D eigenvalue weighted by molar-refractivity contribution is 9.10. The van der Waals surface area contributed by atoms with Crippen molar-refractivity contribution in [3.8, 4) is 0 Å². The Balaban J connectivity index is 2.25. The molecule has 0 heterocycles. The van der Waals surface area contributed by atoms with Gasteiger partial charge >= 0.3 is 0 Å². The van der Waals surface area contributed by atoms with E-state index in [1.807, 2.05) is 0 Å². The second-order valence-electron chi connectivity index (χ2n) is 4.14. The number of nitrogens with one attached hydrogen (secondary N) is 1. The average molecular weight is 388 g/mol. The minimum Gasteiger partial charge on any atom is -0.366 e. The molecule has 2 amide bonds. The smallest absolute Gasteiger partial charge is 0.255 e. The lowest BCUT2D eigenvalue weighted by Crippen LogP contribution is -2.15. The number of anilines is 1. The molecule has 0 bridgehead atoms. The standard InChI is InChI=1S/C14H9BrCl2N2O2/c15-10-3-1-7(5-12(10)17)14(21)19-8-2-4-11(16)9(6-8)13(18)20/h1-6H,(H2,18,20)(H,19,21). The second kappa shape index (κ2) is 6.47. The van der Waals surface area contributed by atoms with E-state index in [9.17, 15) is 9.59 Å². The summed E-state index contributed by atoms with van der Waals surface area (Å²) in [4.78, 5) is 23.3. The number of primary amides is 1. The third-order valence-corrected chi connectivity index (χ3v) is 4.23. The second-order valence-corrected chi connectivity index (χ2v) is 5.81. The molecule has 0 unspecified atom stereocenters. The highest BCUT2D eigenvalue weighted by atomic mass is 79.9. The molecule has 3 N–H and O–H groups in total. The summed E-state index contributed by atoms with van der Waals surface area (Å²) in [5.74, 6) is -1.02. The zero-order valence-corrected chi connectivity index (χ0v) is 13.6. The number of halogens is 3. The molecule has 7 heteroatoms. The van der Waals surface area contributed by atoms with E-state index in [1.54, 1.807) is 18.2 Å². The Labute approximate surface area is 139 Å². The maximum atomic E-state index is 12.1. The van der Waals surface area contributed by atoms with Gasteiger partial charge in [0.15, 0.2) is 0 Å². The van der Waals surface area contributed by atoms with Crippen molar-refractivity contribution < 1.29 is 9.59 Å². The Morgan fingerprint density at radius 2 is 1.76 bits per heavy atom. The van der Waals surface area contributed by atoms with Crippen LogP contribution in [0.25, 0.3) is 0 Å². The monoisotopic (exact) mass is 386 g/mol. The van der Waals surface area contributed by atoms with Crippen LogP contribution in [0.5, 0.6) is 0 Å². The molecule has 0 radical (unpaired) electrons. The first-order chi connectivity index (χ1) is 9.88. The summed E-state index contributed by atoms with van der Waals surface area (Å²) in [6, 6.07) is 9.32. The van der Waals surface area contributed by atoms with Crippen molar-refractivity contribution in [3.05, 3.63) is 62.0 Å². The van der Waals surface area contributed by atoms with Gasteiger partial charge in [0, 0.05) is 15.7 Å². The third kappa shape index (κ3) is 3.75. The van der Waals surface area contributed by atoms with Crippen LogP contribution in [0.4, 0.5) is 5.69 Å². The van der Waals surface area contributed by atoms with Crippen LogP contribution in [0.3, 0.4) is 0 Å². The Morgan fingerprint density at radius 3 is 2.38 bits per heavy atom. The lowest BCUT2D eigenvalue weighted by Gasteiger charge is -2.08. The topological polar surface area (TPSA) is 72.2 Å². The molecule has 0 atom stereocenters. The van der Waals surface area contributed by atoms with Crippen LogP contribution >= 0.6 is 39.1 Å². The maximum Gasteiger partial charge on any atom is 0.255 e. The number of nitrogens with two attached hydrogens (primary N) is 1. The number of carbonyl (C=O) groups is 2. The Hall–Kier alpha value is -1.56.